The first-order valence-corrected chi connectivity index (χ1v) is 6.81. The first-order chi connectivity index (χ1) is 9.24. The number of likely N-dealkylation sites (tertiary alicyclic amines) is 1. The highest BCUT2D eigenvalue weighted by atomic mass is 16.6. The zero-order chi connectivity index (χ0) is 13.7. The maximum absolute atomic E-state index is 11.6. The second-order valence-corrected chi connectivity index (χ2v) is 4.65. The van der Waals surface area contributed by atoms with Crippen LogP contribution in [0.1, 0.15) is 31.5 Å². The van der Waals surface area contributed by atoms with Crippen molar-refractivity contribution in [3.63, 3.8) is 0 Å². The lowest BCUT2D eigenvalue weighted by Crippen LogP contribution is -2.35. The predicted octanol–water partition coefficient (Wildman–Crippen LogP) is 1.56. The van der Waals surface area contributed by atoms with Crippen LogP contribution in [0.4, 0.5) is 4.79 Å². The Balaban J connectivity index is 1.78. The van der Waals surface area contributed by atoms with E-state index in [4.69, 9.17) is 9.26 Å². The molecule has 2 heterocycles. The fraction of sp³-hybridized carbons (Fsp3) is 0.692. The molecular weight excluding hydrogens is 246 g/mol. The van der Waals surface area contributed by atoms with Crippen LogP contribution < -0.4 is 5.32 Å². The van der Waals surface area contributed by atoms with Gasteiger partial charge in [0.1, 0.15) is 6.26 Å². The highest BCUT2D eigenvalue weighted by Gasteiger charge is 2.26. The van der Waals surface area contributed by atoms with Gasteiger partial charge < -0.3 is 19.5 Å². The van der Waals surface area contributed by atoms with E-state index in [0.29, 0.717) is 19.2 Å². The topological polar surface area (TPSA) is 67.6 Å². The van der Waals surface area contributed by atoms with Crippen molar-refractivity contribution in [3.8, 4) is 0 Å². The van der Waals surface area contributed by atoms with E-state index in [1.165, 1.54) is 0 Å². The monoisotopic (exact) mass is 267 g/mol. The minimum absolute atomic E-state index is 0.217. The molecule has 6 heteroatoms. The Morgan fingerprint density at radius 2 is 2.47 bits per heavy atom. The van der Waals surface area contributed by atoms with E-state index in [0.717, 1.165) is 37.2 Å². The summed E-state index contributed by atoms with van der Waals surface area (Å²) >= 11 is 0. The third-order valence-electron chi connectivity index (χ3n) is 3.36. The van der Waals surface area contributed by atoms with Gasteiger partial charge in [-0.05, 0) is 19.8 Å². The number of aromatic nitrogens is 1. The molecule has 1 amide bonds. The van der Waals surface area contributed by atoms with Gasteiger partial charge in [0.2, 0.25) is 0 Å². The van der Waals surface area contributed by atoms with Crippen LogP contribution in [0.25, 0.3) is 0 Å². The SMILES string of the molecule is CCOC(=O)N1CCC(NCc2conc2CC)C1. The lowest BCUT2D eigenvalue weighted by Gasteiger charge is -2.16. The number of hydrogen-bond acceptors (Lipinski definition) is 5. The molecule has 0 spiro atoms. The predicted molar refractivity (Wildman–Crippen MR) is 69.7 cm³/mol. The Bertz CT molecular complexity index is 419. The fourth-order valence-corrected chi connectivity index (χ4v) is 2.28. The number of aryl methyl sites for hydroxylation is 1. The van der Waals surface area contributed by atoms with Crippen molar-refractivity contribution < 1.29 is 14.1 Å². The number of nitrogens with zero attached hydrogens (tertiary/aromatic N) is 2. The summed E-state index contributed by atoms with van der Waals surface area (Å²) < 4.78 is 9.96. The average Bonchev–Trinajstić information content (AvgIpc) is 3.05. The minimum atomic E-state index is -0.217. The van der Waals surface area contributed by atoms with Crippen LogP contribution in [0.5, 0.6) is 0 Å². The molecule has 0 aromatic carbocycles. The Morgan fingerprint density at radius 1 is 1.63 bits per heavy atom. The van der Waals surface area contributed by atoms with Gasteiger partial charge >= 0.3 is 6.09 Å². The van der Waals surface area contributed by atoms with Crippen LogP contribution >= 0.6 is 0 Å². The quantitative estimate of drug-likeness (QED) is 0.876. The van der Waals surface area contributed by atoms with Gasteiger partial charge in [0.15, 0.2) is 0 Å². The van der Waals surface area contributed by atoms with Gasteiger partial charge in [0.05, 0.1) is 12.3 Å². The average molecular weight is 267 g/mol. The summed E-state index contributed by atoms with van der Waals surface area (Å²) in [5, 5.41) is 7.38. The normalized spacial score (nSPS) is 18.8. The standard InChI is InChI=1S/C13H21N3O3/c1-3-12-10(9-19-15-12)7-14-11-5-6-16(8-11)13(17)18-4-2/h9,11,14H,3-8H2,1-2H3. The summed E-state index contributed by atoms with van der Waals surface area (Å²) in [4.78, 5) is 13.3. The second-order valence-electron chi connectivity index (χ2n) is 4.65. The Hall–Kier alpha value is -1.56. The number of rotatable bonds is 5. The lowest BCUT2D eigenvalue weighted by molar-refractivity contribution is 0.115. The number of ether oxygens (including phenoxy) is 1. The van der Waals surface area contributed by atoms with E-state index in [9.17, 15) is 4.79 Å². The number of amides is 1. The third kappa shape index (κ3) is 3.47. The molecule has 1 aliphatic rings. The summed E-state index contributed by atoms with van der Waals surface area (Å²) in [7, 11) is 0. The molecule has 0 saturated carbocycles. The van der Waals surface area contributed by atoms with Crippen LogP contribution in [0.3, 0.4) is 0 Å². The maximum Gasteiger partial charge on any atom is 0.409 e. The van der Waals surface area contributed by atoms with Gasteiger partial charge in [0, 0.05) is 31.2 Å². The van der Waals surface area contributed by atoms with Crippen molar-refractivity contribution in [2.24, 2.45) is 0 Å². The van der Waals surface area contributed by atoms with Gasteiger partial charge in [0.25, 0.3) is 0 Å². The van der Waals surface area contributed by atoms with Crippen molar-refractivity contribution in [3.05, 3.63) is 17.5 Å². The van der Waals surface area contributed by atoms with Gasteiger partial charge in [-0.15, -0.1) is 0 Å². The number of hydrogen-bond donors (Lipinski definition) is 1. The van der Waals surface area contributed by atoms with E-state index >= 15 is 0 Å². The van der Waals surface area contributed by atoms with E-state index in [-0.39, 0.29) is 6.09 Å². The molecule has 1 saturated heterocycles. The highest BCUT2D eigenvalue weighted by molar-refractivity contribution is 5.68. The third-order valence-corrected chi connectivity index (χ3v) is 3.36. The Morgan fingerprint density at radius 3 is 3.21 bits per heavy atom. The van der Waals surface area contributed by atoms with Crippen molar-refractivity contribution in [1.82, 2.24) is 15.4 Å². The van der Waals surface area contributed by atoms with E-state index in [1.807, 2.05) is 6.92 Å². The van der Waals surface area contributed by atoms with Crippen LogP contribution in [0.15, 0.2) is 10.8 Å². The second kappa shape index (κ2) is 6.56. The molecule has 6 nitrogen and oxygen atoms in total. The molecule has 0 aliphatic carbocycles. The largest absolute Gasteiger partial charge is 0.450 e. The molecule has 19 heavy (non-hydrogen) atoms. The van der Waals surface area contributed by atoms with E-state index < -0.39 is 0 Å². The zero-order valence-corrected chi connectivity index (χ0v) is 11.5. The molecule has 1 fully saturated rings. The van der Waals surface area contributed by atoms with Gasteiger partial charge in [-0.1, -0.05) is 12.1 Å². The molecular formula is C13H21N3O3. The first kappa shape index (κ1) is 13.9. The summed E-state index contributed by atoms with van der Waals surface area (Å²) in [6.45, 7) is 6.48. The minimum Gasteiger partial charge on any atom is -0.450 e. The van der Waals surface area contributed by atoms with E-state index in [2.05, 4.69) is 17.4 Å². The number of nitrogens with one attached hydrogen (secondary N) is 1. The summed E-state index contributed by atoms with van der Waals surface area (Å²) in [6, 6.07) is 0.309. The van der Waals surface area contributed by atoms with Crippen LogP contribution in [-0.2, 0) is 17.7 Å². The molecule has 1 aromatic rings. The van der Waals surface area contributed by atoms with Gasteiger partial charge in [-0.2, -0.15) is 0 Å². The lowest BCUT2D eigenvalue weighted by atomic mass is 10.2. The molecule has 1 atom stereocenters. The molecule has 1 N–H and O–H groups in total. The molecule has 1 unspecified atom stereocenters. The van der Waals surface area contributed by atoms with E-state index in [1.54, 1.807) is 11.2 Å². The smallest absolute Gasteiger partial charge is 0.409 e. The first-order valence-electron chi connectivity index (χ1n) is 6.81. The molecule has 0 bridgehead atoms. The molecule has 0 radical (unpaired) electrons. The van der Waals surface area contributed by atoms with Crippen LogP contribution in [-0.4, -0.2) is 41.9 Å². The maximum atomic E-state index is 11.6. The Labute approximate surface area is 113 Å². The van der Waals surface area contributed by atoms with Crippen LogP contribution in [0, 0.1) is 0 Å². The molecule has 106 valence electrons. The fourth-order valence-electron chi connectivity index (χ4n) is 2.28. The van der Waals surface area contributed by atoms with Crippen molar-refractivity contribution in [2.75, 3.05) is 19.7 Å². The summed E-state index contributed by atoms with van der Waals surface area (Å²) in [5.41, 5.74) is 2.09. The number of carbonyl (C=O) groups is 1. The summed E-state index contributed by atoms with van der Waals surface area (Å²) in [5.74, 6) is 0. The van der Waals surface area contributed by atoms with Crippen molar-refractivity contribution in [1.29, 1.82) is 0 Å². The molecule has 1 aromatic heterocycles. The molecule has 2 rings (SSSR count). The summed E-state index contributed by atoms with van der Waals surface area (Å²) in [6.07, 6.45) is 3.29. The Kier molecular flexibility index (Phi) is 4.79. The molecule has 1 aliphatic heterocycles. The zero-order valence-electron chi connectivity index (χ0n) is 11.5. The highest BCUT2D eigenvalue weighted by Crippen LogP contribution is 2.13. The van der Waals surface area contributed by atoms with Crippen LogP contribution in [0.2, 0.25) is 0 Å². The van der Waals surface area contributed by atoms with Gasteiger partial charge in [-0.25, -0.2) is 4.79 Å². The van der Waals surface area contributed by atoms with Crippen molar-refractivity contribution >= 4 is 6.09 Å². The number of carbonyl (C=O) groups excluding carboxylic acids is 1. The van der Waals surface area contributed by atoms with Gasteiger partial charge in [-0.3, -0.25) is 0 Å². The van der Waals surface area contributed by atoms with Crippen molar-refractivity contribution in [2.45, 2.75) is 39.3 Å².